The summed E-state index contributed by atoms with van der Waals surface area (Å²) in [6.45, 7) is 4.62. The number of carboxylic acids is 1. The number of hydrogen-bond acceptors (Lipinski definition) is 5. The summed E-state index contributed by atoms with van der Waals surface area (Å²) in [7, 11) is 1.53. The summed E-state index contributed by atoms with van der Waals surface area (Å²) in [4.78, 5) is 19.6. The molecule has 1 aromatic rings. The van der Waals surface area contributed by atoms with Gasteiger partial charge in [-0.3, -0.25) is 9.78 Å². The van der Waals surface area contributed by atoms with Crippen LogP contribution in [-0.4, -0.2) is 34.7 Å². The maximum absolute atomic E-state index is 11.4. The van der Waals surface area contributed by atoms with E-state index in [1.54, 1.807) is 12.4 Å². The average Bonchev–Trinajstić information content (AvgIpc) is 2.44. The molecule has 106 valence electrons. The lowest BCUT2D eigenvalue weighted by Crippen LogP contribution is -2.40. The van der Waals surface area contributed by atoms with Crippen molar-refractivity contribution < 1.29 is 14.6 Å². The van der Waals surface area contributed by atoms with Crippen LogP contribution in [0.15, 0.2) is 12.4 Å². The molecule has 1 aromatic heterocycles. The smallest absolute Gasteiger partial charge is 0.310 e. The molecule has 0 fully saturated rings. The Bertz CT molecular complexity index is 419. The van der Waals surface area contributed by atoms with Gasteiger partial charge in [-0.15, -0.1) is 0 Å². The Morgan fingerprint density at radius 3 is 2.53 bits per heavy atom. The van der Waals surface area contributed by atoms with Gasteiger partial charge in [0.25, 0.3) is 0 Å². The highest BCUT2D eigenvalue weighted by molar-refractivity contribution is 5.74. The SMILES string of the molecule is CCC(CC)(CNCc1nccnc1OC)C(=O)O. The molecule has 0 unspecified atom stereocenters. The number of carboxylic acid groups (broad SMARTS) is 1. The van der Waals surface area contributed by atoms with Gasteiger partial charge >= 0.3 is 5.97 Å². The zero-order valence-electron chi connectivity index (χ0n) is 11.6. The highest BCUT2D eigenvalue weighted by atomic mass is 16.5. The first-order chi connectivity index (χ1) is 9.09. The Morgan fingerprint density at radius 2 is 2.00 bits per heavy atom. The molecule has 0 amide bonds. The third-order valence-corrected chi connectivity index (χ3v) is 3.49. The van der Waals surface area contributed by atoms with E-state index in [0.29, 0.717) is 37.5 Å². The first-order valence-corrected chi connectivity index (χ1v) is 6.37. The zero-order valence-corrected chi connectivity index (χ0v) is 11.6. The summed E-state index contributed by atoms with van der Waals surface area (Å²) in [5.74, 6) is -0.306. The molecule has 0 spiro atoms. The van der Waals surface area contributed by atoms with Gasteiger partial charge in [0.15, 0.2) is 0 Å². The van der Waals surface area contributed by atoms with Crippen molar-refractivity contribution in [3.63, 3.8) is 0 Å². The van der Waals surface area contributed by atoms with E-state index in [0.717, 1.165) is 0 Å². The van der Waals surface area contributed by atoms with Gasteiger partial charge < -0.3 is 15.2 Å². The van der Waals surface area contributed by atoms with Crippen molar-refractivity contribution in [3.8, 4) is 5.88 Å². The second kappa shape index (κ2) is 7.04. The monoisotopic (exact) mass is 267 g/mol. The third kappa shape index (κ3) is 3.64. The minimum absolute atomic E-state index is 0.398. The van der Waals surface area contributed by atoms with Gasteiger partial charge in [-0.05, 0) is 12.8 Å². The lowest BCUT2D eigenvalue weighted by Gasteiger charge is -2.26. The van der Waals surface area contributed by atoms with Crippen molar-refractivity contribution in [1.82, 2.24) is 15.3 Å². The predicted molar refractivity (Wildman–Crippen MR) is 70.9 cm³/mol. The lowest BCUT2D eigenvalue weighted by molar-refractivity contribution is -0.149. The Balaban J connectivity index is 2.64. The molecule has 1 rings (SSSR count). The highest BCUT2D eigenvalue weighted by Gasteiger charge is 2.34. The number of methoxy groups -OCH3 is 1. The molecule has 6 heteroatoms. The van der Waals surface area contributed by atoms with Crippen molar-refractivity contribution in [1.29, 1.82) is 0 Å². The molecule has 0 aliphatic heterocycles. The van der Waals surface area contributed by atoms with E-state index >= 15 is 0 Å². The number of nitrogens with zero attached hydrogens (tertiary/aromatic N) is 2. The second-order valence-corrected chi connectivity index (χ2v) is 4.41. The number of rotatable bonds is 8. The summed E-state index contributed by atoms with van der Waals surface area (Å²) >= 11 is 0. The quantitative estimate of drug-likeness (QED) is 0.742. The maximum Gasteiger partial charge on any atom is 0.310 e. The molecule has 2 N–H and O–H groups in total. The Hall–Kier alpha value is -1.69. The summed E-state index contributed by atoms with van der Waals surface area (Å²) in [6.07, 6.45) is 4.32. The van der Waals surface area contributed by atoms with Gasteiger partial charge in [-0.25, -0.2) is 4.98 Å². The molecule has 1 heterocycles. The van der Waals surface area contributed by atoms with E-state index in [1.807, 2.05) is 13.8 Å². The number of ether oxygens (including phenoxy) is 1. The molecule has 0 saturated heterocycles. The van der Waals surface area contributed by atoms with Crippen LogP contribution < -0.4 is 10.1 Å². The number of carbonyl (C=O) groups is 1. The number of nitrogens with one attached hydrogen (secondary N) is 1. The predicted octanol–water partition coefficient (Wildman–Crippen LogP) is 1.47. The normalized spacial score (nSPS) is 11.3. The van der Waals surface area contributed by atoms with E-state index in [4.69, 9.17) is 4.74 Å². The fraction of sp³-hybridized carbons (Fsp3) is 0.615. The van der Waals surface area contributed by atoms with Crippen LogP contribution in [0.5, 0.6) is 5.88 Å². The standard InChI is InChI=1S/C13H21N3O3/c1-4-13(5-2,12(17)18)9-14-8-10-11(19-3)16-7-6-15-10/h6-7,14H,4-5,8-9H2,1-3H3,(H,17,18). The van der Waals surface area contributed by atoms with Gasteiger partial charge in [0.2, 0.25) is 5.88 Å². The van der Waals surface area contributed by atoms with Crippen molar-refractivity contribution in [2.75, 3.05) is 13.7 Å². The largest absolute Gasteiger partial charge is 0.481 e. The van der Waals surface area contributed by atoms with Crippen molar-refractivity contribution in [2.24, 2.45) is 5.41 Å². The van der Waals surface area contributed by atoms with Crippen LogP contribution in [0.3, 0.4) is 0 Å². The molecular weight excluding hydrogens is 246 g/mol. The molecule has 0 saturated carbocycles. The molecule has 0 radical (unpaired) electrons. The van der Waals surface area contributed by atoms with Gasteiger partial charge in [0.1, 0.15) is 5.69 Å². The molecule has 0 aromatic carbocycles. The average molecular weight is 267 g/mol. The first kappa shape index (κ1) is 15.4. The first-order valence-electron chi connectivity index (χ1n) is 6.37. The zero-order chi connectivity index (χ0) is 14.3. The number of aliphatic carboxylic acids is 1. The van der Waals surface area contributed by atoms with Crippen molar-refractivity contribution in [3.05, 3.63) is 18.1 Å². The van der Waals surface area contributed by atoms with Crippen LogP contribution in [0.25, 0.3) is 0 Å². The summed E-state index contributed by atoms with van der Waals surface area (Å²) in [5.41, 5.74) is -0.0494. The fourth-order valence-electron chi connectivity index (χ4n) is 1.94. The topological polar surface area (TPSA) is 84.3 Å². The van der Waals surface area contributed by atoms with Gasteiger partial charge in [0, 0.05) is 25.5 Å². The summed E-state index contributed by atoms with van der Waals surface area (Å²) in [5, 5.41) is 12.5. The number of hydrogen-bond donors (Lipinski definition) is 2. The van der Waals surface area contributed by atoms with Crippen LogP contribution in [-0.2, 0) is 11.3 Å². The van der Waals surface area contributed by atoms with Crippen LogP contribution in [0.1, 0.15) is 32.4 Å². The van der Waals surface area contributed by atoms with E-state index < -0.39 is 11.4 Å². The Morgan fingerprint density at radius 1 is 1.37 bits per heavy atom. The Kier molecular flexibility index (Phi) is 5.69. The molecule has 19 heavy (non-hydrogen) atoms. The van der Waals surface area contributed by atoms with Crippen LogP contribution >= 0.6 is 0 Å². The maximum atomic E-state index is 11.4. The fourth-order valence-corrected chi connectivity index (χ4v) is 1.94. The van der Waals surface area contributed by atoms with Crippen molar-refractivity contribution in [2.45, 2.75) is 33.2 Å². The summed E-state index contributed by atoms with van der Waals surface area (Å²) in [6, 6.07) is 0. The molecule has 0 aliphatic carbocycles. The molecular formula is C13H21N3O3. The van der Waals surface area contributed by atoms with Gasteiger partial charge in [0.05, 0.1) is 12.5 Å². The molecule has 0 bridgehead atoms. The third-order valence-electron chi connectivity index (χ3n) is 3.49. The number of aromatic nitrogens is 2. The van der Waals surface area contributed by atoms with Gasteiger partial charge in [-0.2, -0.15) is 0 Å². The van der Waals surface area contributed by atoms with Crippen LogP contribution in [0.4, 0.5) is 0 Å². The molecule has 0 atom stereocenters. The van der Waals surface area contributed by atoms with Crippen molar-refractivity contribution >= 4 is 5.97 Å². The minimum atomic E-state index is -0.767. The molecule has 0 aliphatic rings. The van der Waals surface area contributed by atoms with Gasteiger partial charge in [-0.1, -0.05) is 13.8 Å². The van der Waals surface area contributed by atoms with E-state index in [-0.39, 0.29) is 0 Å². The lowest BCUT2D eigenvalue weighted by atomic mass is 9.82. The second-order valence-electron chi connectivity index (χ2n) is 4.41. The van der Waals surface area contributed by atoms with E-state index in [9.17, 15) is 9.90 Å². The van der Waals surface area contributed by atoms with Crippen LogP contribution in [0.2, 0.25) is 0 Å². The minimum Gasteiger partial charge on any atom is -0.481 e. The van der Waals surface area contributed by atoms with E-state index in [1.165, 1.54) is 7.11 Å². The highest BCUT2D eigenvalue weighted by Crippen LogP contribution is 2.25. The Labute approximate surface area is 113 Å². The molecule has 6 nitrogen and oxygen atoms in total. The summed E-state index contributed by atoms with van der Waals surface area (Å²) < 4.78 is 5.10. The van der Waals surface area contributed by atoms with E-state index in [2.05, 4.69) is 15.3 Å². The van der Waals surface area contributed by atoms with Crippen LogP contribution in [0, 0.1) is 5.41 Å².